The molecule has 1 N–H and O–H groups in total. The first-order chi connectivity index (χ1) is 6.18. The zero-order valence-electron chi connectivity index (χ0n) is 7.54. The Morgan fingerprint density at radius 2 is 2.31 bits per heavy atom. The Morgan fingerprint density at radius 3 is 3.08 bits per heavy atom. The molecule has 0 saturated carbocycles. The number of nitrogens with zero attached hydrogens (tertiary/aromatic N) is 1. The highest BCUT2D eigenvalue weighted by Crippen LogP contribution is 2.24. The fraction of sp³-hybridized carbons (Fsp3) is 0.556. The summed E-state index contributed by atoms with van der Waals surface area (Å²) in [5.74, 6) is 0.0994. The van der Waals surface area contributed by atoms with E-state index in [0.29, 0.717) is 12.1 Å². The van der Waals surface area contributed by atoms with Crippen molar-refractivity contribution in [3.05, 3.63) is 11.6 Å². The molecular weight excluding hydrogens is 168 g/mol. The minimum absolute atomic E-state index is 0.00565. The molecule has 4 heteroatoms. The van der Waals surface area contributed by atoms with Crippen LogP contribution in [0.5, 0.6) is 0 Å². The summed E-state index contributed by atoms with van der Waals surface area (Å²) in [5.41, 5.74) is 0.678. The molecule has 0 aliphatic carbocycles. The number of carbonyl (C=O) groups excluding carboxylic acids is 2. The molecule has 0 radical (unpaired) electrons. The van der Waals surface area contributed by atoms with Crippen LogP contribution in [0.2, 0.25) is 0 Å². The number of rotatable bonds is 0. The Kier molecular flexibility index (Phi) is 1.83. The number of piperidine rings is 1. The third kappa shape index (κ3) is 1.32. The predicted octanol–water partition coefficient (Wildman–Crippen LogP) is -0.479. The van der Waals surface area contributed by atoms with Crippen LogP contribution in [-0.4, -0.2) is 36.9 Å². The van der Waals surface area contributed by atoms with Crippen LogP contribution in [0.1, 0.15) is 6.42 Å². The molecule has 4 nitrogen and oxygen atoms in total. The van der Waals surface area contributed by atoms with E-state index in [0.717, 1.165) is 13.0 Å². The van der Waals surface area contributed by atoms with Gasteiger partial charge < -0.3 is 10.2 Å². The topological polar surface area (TPSA) is 49.4 Å². The maximum atomic E-state index is 11.6. The number of nitrogens with one attached hydrogen (secondary N) is 1. The molecule has 2 heterocycles. The van der Waals surface area contributed by atoms with Gasteiger partial charge in [-0.15, -0.1) is 0 Å². The number of likely N-dealkylation sites (N-methyl/N-ethyl adjacent to an activating group) is 1. The van der Waals surface area contributed by atoms with Gasteiger partial charge in [0.1, 0.15) is 0 Å². The zero-order valence-corrected chi connectivity index (χ0v) is 7.54. The summed E-state index contributed by atoms with van der Waals surface area (Å²) in [6.45, 7) is 1.40. The highest BCUT2D eigenvalue weighted by Gasteiger charge is 2.32. The quantitative estimate of drug-likeness (QED) is 0.547. The van der Waals surface area contributed by atoms with Gasteiger partial charge in [-0.2, -0.15) is 0 Å². The first-order valence-corrected chi connectivity index (χ1v) is 4.43. The van der Waals surface area contributed by atoms with E-state index in [4.69, 9.17) is 0 Å². The van der Waals surface area contributed by atoms with Crippen LogP contribution in [0.4, 0.5) is 0 Å². The maximum Gasteiger partial charge on any atom is 0.250 e. The largest absolute Gasteiger partial charge is 0.352 e. The minimum Gasteiger partial charge on any atom is -0.352 e. The van der Waals surface area contributed by atoms with Gasteiger partial charge in [-0.25, -0.2) is 0 Å². The molecule has 1 saturated heterocycles. The summed E-state index contributed by atoms with van der Waals surface area (Å²) in [4.78, 5) is 24.3. The van der Waals surface area contributed by atoms with Crippen molar-refractivity contribution < 1.29 is 9.59 Å². The second kappa shape index (κ2) is 2.87. The second-order valence-electron chi connectivity index (χ2n) is 3.56. The van der Waals surface area contributed by atoms with Crippen molar-refractivity contribution in [1.82, 2.24) is 10.2 Å². The first kappa shape index (κ1) is 8.29. The molecule has 70 valence electrons. The van der Waals surface area contributed by atoms with Crippen LogP contribution in [0.25, 0.3) is 0 Å². The zero-order chi connectivity index (χ0) is 9.42. The van der Waals surface area contributed by atoms with Gasteiger partial charge in [0.2, 0.25) is 11.8 Å². The van der Waals surface area contributed by atoms with E-state index in [9.17, 15) is 9.59 Å². The van der Waals surface area contributed by atoms with Crippen molar-refractivity contribution in [3.8, 4) is 0 Å². The molecule has 2 amide bonds. The van der Waals surface area contributed by atoms with Gasteiger partial charge in [0.15, 0.2) is 0 Å². The Labute approximate surface area is 76.6 Å². The van der Waals surface area contributed by atoms with Gasteiger partial charge in [0.25, 0.3) is 0 Å². The molecule has 0 aromatic rings. The Bertz CT molecular complexity index is 296. The van der Waals surface area contributed by atoms with Gasteiger partial charge >= 0.3 is 0 Å². The highest BCUT2D eigenvalue weighted by molar-refractivity contribution is 6.03. The predicted molar refractivity (Wildman–Crippen MR) is 46.8 cm³/mol. The monoisotopic (exact) mass is 180 g/mol. The van der Waals surface area contributed by atoms with Crippen molar-refractivity contribution in [2.75, 3.05) is 20.1 Å². The molecular formula is C9H12N2O2. The molecule has 2 aliphatic rings. The fourth-order valence-electron chi connectivity index (χ4n) is 1.81. The van der Waals surface area contributed by atoms with Gasteiger partial charge in [-0.1, -0.05) is 0 Å². The molecule has 0 aromatic carbocycles. The summed E-state index contributed by atoms with van der Waals surface area (Å²) in [7, 11) is 1.77. The van der Waals surface area contributed by atoms with Crippen LogP contribution in [0.15, 0.2) is 11.6 Å². The van der Waals surface area contributed by atoms with Gasteiger partial charge in [-0.3, -0.25) is 9.59 Å². The van der Waals surface area contributed by atoms with E-state index in [1.54, 1.807) is 11.9 Å². The van der Waals surface area contributed by atoms with Gasteiger partial charge in [0.05, 0.1) is 0 Å². The lowest BCUT2D eigenvalue weighted by atomic mass is 9.88. The molecule has 1 unspecified atom stereocenters. The lowest BCUT2D eigenvalue weighted by Gasteiger charge is -2.33. The molecule has 0 spiro atoms. The standard InChI is InChI=1S/C9H12N2O2/c1-11-3-2-6-5-10-8(12)4-7(6)9(11)13/h4,6H,2-3,5H2,1H3,(H,10,12). The Hall–Kier alpha value is -1.32. The van der Waals surface area contributed by atoms with Crippen LogP contribution in [0, 0.1) is 5.92 Å². The van der Waals surface area contributed by atoms with Gasteiger partial charge in [0, 0.05) is 37.7 Å². The molecule has 13 heavy (non-hydrogen) atoms. The summed E-state index contributed by atoms with van der Waals surface area (Å²) in [5, 5.41) is 2.73. The summed E-state index contributed by atoms with van der Waals surface area (Å²) >= 11 is 0. The maximum absolute atomic E-state index is 11.6. The minimum atomic E-state index is -0.144. The number of hydrogen-bond acceptors (Lipinski definition) is 2. The van der Waals surface area contributed by atoms with E-state index in [-0.39, 0.29) is 17.7 Å². The molecule has 1 atom stereocenters. The van der Waals surface area contributed by atoms with E-state index in [1.807, 2.05) is 0 Å². The van der Waals surface area contributed by atoms with Gasteiger partial charge in [-0.05, 0) is 6.42 Å². The summed E-state index contributed by atoms with van der Waals surface area (Å²) in [6.07, 6.45) is 2.39. The van der Waals surface area contributed by atoms with Crippen molar-refractivity contribution in [2.24, 2.45) is 5.92 Å². The molecule has 2 aliphatic heterocycles. The average Bonchev–Trinajstić information content (AvgIpc) is 2.12. The van der Waals surface area contributed by atoms with Crippen LogP contribution in [0.3, 0.4) is 0 Å². The van der Waals surface area contributed by atoms with Crippen molar-refractivity contribution in [1.29, 1.82) is 0 Å². The van der Waals surface area contributed by atoms with Crippen molar-refractivity contribution in [3.63, 3.8) is 0 Å². The number of likely N-dealkylation sites (tertiary alicyclic amines) is 1. The smallest absolute Gasteiger partial charge is 0.250 e. The SMILES string of the molecule is CN1CCC2CNC(=O)C=C2C1=O. The molecule has 2 rings (SSSR count). The van der Waals surface area contributed by atoms with Crippen LogP contribution >= 0.6 is 0 Å². The average molecular weight is 180 g/mol. The summed E-state index contributed by atoms with van der Waals surface area (Å²) in [6, 6.07) is 0. The van der Waals surface area contributed by atoms with E-state index >= 15 is 0 Å². The Morgan fingerprint density at radius 1 is 1.54 bits per heavy atom. The lowest BCUT2D eigenvalue weighted by molar-refractivity contribution is -0.129. The normalized spacial score (nSPS) is 27.9. The molecule has 0 aromatic heterocycles. The van der Waals surface area contributed by atoms with Crippen LogP contribution in [-0.2, 0) is 9.59 Å². The lowest BCUT2D eigenvalue weighted by Crippen LogP contribution is -2.45. The number of carbonyl (C=O) groups is 2. The Balaban J connectivity index is 2.30. The van der Waals surface area contributed by atoms with E-state index in [1.165, 1.54) is 6.08 Å². The summed E-state index contributed by atoms with van der Waals surface area (Å²) < 4.78 is 0. The van der Waals surface area contributed by atoms with E-state index < -0.39 is 0 Å². The number of fused-ring (bicyclic) bond motifs is 1. The van der Waals surface area contributed by atoms with Crippen molar-refractivity contribution >= 4 is 11.8 Å². The van der Waals surface area contributed by atoms with Crippen molar-refractivity contribution in [2.45, 2.75) is 6.42 Å². The van der Waals surface area contributed by atoms with Crippen LogP contribution < -0.4 is 5.32 Å². The van der Waals surface area contributed by atoms with E-state index in [2.05, 4.69) is 5.32 Å². The molecule has 1 fully saturated rings. The highest BCUT2D eigenvalue weighted by atomic mass is 16.2. The fourth-order valence-corrected chi connectivity index (χ4v) is 1.81. The molecule has 0 bridgehead atoms. The third-order valence-electron chi connectivity index (χ3n) is 2.66. The number of amides is 2. The second-order valence-corrected chi connectivity index (χ2v) is 3.56. The number of hydrogen-bond donors (Lipinski definition) is 1. The third-order valence-corrected chi connectivity index (χ3v) is 2.66. The first-order valence-electron chi connectivity index (χ1n) is 4.43.